The summed E-state index contributed by atoms with van der Waals surface area (Å²) >= 11 is 6.03. The third-order valence-electron chi connectivity index (χ3n) is 3.57. The molecule has 1 unspecified atom stereocenters. The molecule has 5 heteroatoms. The zero-order valence-electron chi connectivity index (χ0n) is 11.2. The van der Waals surface area contributed by atoms with E-state index in [-0.39, 0.29) is 5.91 Å². The van der Waals surface area contributed by atoms with E-state index in [2.05, 4.69) is 10.2 Å². The topological polar surface area (TPSA) is 58.4 Å². The van der Waals surface area contributed by atoms with Crippen molar-refractivity contribution in [2.45, 2.75) is 25.8 Å². The Morgan fingerprint density at radius 1 is 1.58 bits per heavy atom. The summed E-state index contributed by atoms with van der Waals surface area (Å²) in [4.78, 5) is 14.1. The van der Waals surface area contributed by atoms with Crippen molar-refractivity contribution in [1.82, 2.24) is 4.90 Å². The average molecular weight is 282 g/mol. The zero-order chi connectivity index (χ0) is 13.8. The summed E-state index contributed by atoms with van der Waals surface area (Å²) in [7, 11) is 0. The Labute approximate surface area is 118 Å². The number of nitrogens with zero attached hydrogens (tertiary/aromatic N) is 1. The molecule has 0 aromatic heterocycles. The van der Waals surface area contributed by atoms with Gasteiger partial charge in [0.1, 0.15) is 0 Å². The number of likely N-dealkylation sites (tertiary alicyclic amines) is 1. The van der Waals surface area contributed by atoms with Gasteiger partial charge in [0.15, 0.2) is 0 Å². The molecule has 1 atom stereocenters. The van der Waals surface area contributed by atoms with Crippen LogP contribution in [0.15, 0.2) is 18.2 Å². The van der Waals surface area contributed by atoms with Crippen LogP contribution in [0.25, 0.3) is 0 Å². The van der Waals surface area contributed by atoms with Gasteiger partial charge in [-0.05, 0) is 44.0 Å². The van der Waals surface area contributed by atoms with Gasteiger partial charge in [0.2, 0.25) is 5.91 Å². The van der Waals surface area contributed by atoms with Crippen LogP contribution in [0.5, 0.6) is 0 Å². The molecule has 1 aromatic rings. The molecule has 4 nitrogen and oxygen atoms in total. The molecule has 1 aliphatic heterocycles. The predicted molar refractivity (Wildman–Crippen MR) is 78.5 cm³/mol. The molecule has 1 fully saturated rings. The molecule has 0 saturated carbocycles. The Hall–Kier alpha value is -1.10. The second-order valence-corrected chi connectivity index (χ2v) is 5.42. The Bertz CT molecular complexity index is 464. The van der Waals surface area contributed by atoms with Crippen LogP contribution in [0.3, 0.4) is 0 Å². The predicted octanol–water partition coefficient (Wildman–Crippen LogP) is 2.01. The fraction of sp³-hybridized carbons (Fsp3) is 0.500. The molecular weight excluding hydrogens is 262 g/mol. The summed E-state index contributed by atoms with van der Waals surface area (Å²) < 4.78 is 0. The number of benzene rings is 1. The first-order valence-corrected chi connectivity index (χ1v) is 6.98. The largest absolute Gasteiger partial charge is 0.329 e. The van der Waals surface area contributed by atoms with Crippen molar-refractivity contribution in [2.24, 2.45) is 5.73 Å². The number of aryl methyl sites for hydroxylation is 1. The maximum Gasteiger partial charge on any atom is 0.238 e. The summed E-state index contributed by atoms with van der Waals surface area (Å²) in [6.45, 7) is 3.89. The maximum absolute atomic E-state index is 12.0. The van der Waals surface area contributed by atoms with Gasteiger partial charge < -0.3 is 11.1 Å². The number of nitrogens with two attached hydrogens (primary N) is 1. The fourth-order valence-electron chi connectivity index (χ4n) is 2.43. The second kappa shape index (κ2) is 6.37. The zero-order valence-corrected chi connectivity index (χ0v) is 11.9. The van der Waals surface area contributed by atoms with Gasteiger partial charge in [-0.3, -0.25) is 9.69 Å². The lowest BCUT2D eigenvalue weighted by atomic mass is 10.2. The summed E-state index contributed by atoms with van der Waals surface area (Å²) in [5.74, 6) is -0.0136. The third kappa shape index (κ3) is 3.69. The number of rotatable bonds is 4. The third-order valence-corrected chi connectivity index (χ3v) is 3.98. The van der Waals surface area contributed by atoms with E-state index >= 15 is 0 Å². The number of carbonyl (C=O) groups excluding carboxylic acids is 1. The lowest BCUT2D eigenvalue weighted by molar-refractivity contribution is -0.117. The van der Waals surface area contributed by atoms with E-state index < -0.39 is 0 Å². The van der Waals surface area contributed by atoms with Crippen LogP contribution in [-0.4, -0.2) is 36.5 Å². The number of anilines is 1. The van der Waals surface area contributed by atoms with Crippen LogP contribution in [-0.2, 0) is 4.79 Å². The van der Waals surface area contributed by atoms with E-state index in [0.29, 0.717) is 24.2 Å². The SMILES string of the molecule is Cc1ccc(NC(=O)CN2CCCC2CN)cc1Cl. The van der Waals surface area contributed by atoms with E-state index in [1.54, 1.807) is 6.07 Å². The molecule has 0 bridgehead atoms. The van der Waals surface area contributed by atoms with E-state index in [4.69, 9.17) is 17.3 Å². The normalized spacial score (nSPS) is 19.6. The molecule has 19 heavy (non-hydrogen) atoms. The quantitative estimate of drug-likeness (QED) is 0.888. The van der Waals surface area contributed by atoms with Gasteiger partial charge in [-0.2, -0.15) is 0 Å². The minimum atomic E-state index is -0.0136. The van der Waals surface area contributed by atoms with E-state index in [9.17, 15) is 4.79 Å². The Morgan fingerprint density at radius 3 is 3.05 bits per heavy atom. The Morgan fingerprint density at radius 2 is 2.37 bits per heavy atom. The van der Waals surface area contributed by atoms with Crippen LogP contribution in [0, 0.1) is 6.92 Å². The van der Waals surface area contributed by atoms with Crippen LogP contribution in [0.4, 0.5) is 5.69 Å². The van der Waals surface area contributed by atoms with Crippen LogP contribution >= 0.6 is 11.6 Å². The highest BCUT2D eigenvalue weighted by molar-refractivity contribution is 6.31. The number of hydrogen-bond acceptors (Lipinski definition) is 3. The van der Waals surface area contributed by atoms with Gasteiger partial charge in [0.05, 0.1) is 6.54 Å². The second-order valence-electron chi connectivity index (χ2n) is 5.01. The van der Waals surface area contributed by atoms with E-state index in [1.165, 1.54) is 0 Å². The number of amides is 1. The molecule has 1 aromatic carbocycles. The number of carbonyl (C=O) groups is 1. The molecule has 0 aliphatic carbocycles. The van der Waals surface area contributed by atoms with Gasteiger partial charge in [0, 0.05) is 23.3 Å². The number of halogens is 1. The molecule has 1 amide bonds. The molecule has 1 saturated heterocycles. The van der Waals surface area contributed by atoms with Crippen LogP contribution in [0.2, 0.25) is 5.02 Å². The molecule has 0 radical (unpaired) electrons. The first kappa shape index (κ1) is 14.3. The van der Waals surface area contributed by atoms with Crippen molar-refractivity contribution < 1.29 is 4.79 Å². The average Bonchev–Trinajstić information content (AvgIpc) is 2.81. The molecule has 104 valence electrons. The molecule has 1 aliphatic rings. The summed E-state index contributed by atoms with van der Waals surface area (Å²) in [6.07, 6.45) is 2.20. The lowest BCUT2D eigenvalue weighted by Gasteiger charge is -2.22. The van der Waals surface area contributed by atoms with E-state index in [1.807, 2.05) is 19.1 Å². The van der Waals surface area contributed by atoms with Crippen LogP contribution in [0.1, 0.15) is 18.4 Å². The van der Waals surface area contributed by atoms with Crippen molar-refractivity contribution in [2.75, 3.05) is 25.0 Å². The summed E-state index contributed by atoms with van der Waals surface area (Å²) in [5, 5.41) is 3.54. The van der Waals surface area contributed by atoms with Gasteiger partial charge in [0.25, 0.3) is 0 Å². The van der Waals surface area contributed by atoms with Crippen LogP contribution < -0.4 is 11.1 Å². The summed E-state index contributed by atoms with van der Waals surface area (Å²) in [6, 6.07) is 5.88. The summed E-state index contributed by atoms with van der Waals surface area (Å²) in [5.41, 5.74) is 7.44. The number of nitrogens with one attached hydrogen (secondary N) is 1. The van der Waals surface area contributed by atoms with Gasteiger partial charge >= 0.3 is 0 Å². The monoisotopic (exact) mass is 281 g/mol. The standard InChI is InChI=1S/C14H20ClN3O/c1-10-4-5-11(7-13(10)15)17-14(19)9-18-6-2-3-12(18)8-16/h4-5,7,12H,2-3,6,8-9,16H2,1H3,(H,17,19). The molecule has 2 rings (SSSR count). The Kier molecular flexibility index (Phi) is 4.80. The smallest absolute Gasteiger partial charge is 0.238 e. The first-order valence-electron chi connectivity index (χ1n) is 6.60. The van der Waals surface area contributed by atoms with Crippen molar-refractivity contribution in [3.05, 3.63) is 28.8 Å². The molecule has 1 heterocycles. The highest BCUT2D eigenvalue weighted by atomic mass is 35.5. The van der Waals surface area contributed by atoms with Gasteiger partial charge in [-0.15, -0.1) is 0 Å². The highest BCUT2D eigenvalue weighted by Gasteiger charge is 2.24. The lowest BCUT2D eigenvalue weighted by Crippen LogP contribution is -2.40. The minimum Gasteiger partial charge on any atom is -0.329 e. The van der Waals surface area contributed by atoms with Gasteiger partial charge in [-0.25, -0.2) is 0 Å². The van der Waals surface area contributed by atoms with Gasteiger partial charge in [-0.1, -0.05) is 17.7 Å². The van der Waals surface area contributed by atoms with Crippen molar-refractivity contribution in [3.63, 3.8) is 0 Å². The molecular formula is C14H20ClN3O. The Balaban J connectivity index is 1.92. The van der Waals surface area contributed by atoms with Crippen molar-refractivity contribution >= 4 is 23.2 Å². The fourth-order valence-corrected chi connectivity index (χ4v) is 2.61. The maximum atomic E-state index is 12.0. The first-order chi connectivity index (χ1) is 9.10. The van der Waals surface area contributed by atoms with E-state index in [0.717, 1.165) is 30.6 Å². The number of hydrogen-bond donors (Lipinski definition) is 2. The molecule has 0 spiro atoms. The van der Waals surface area contributed by atoms with Crippen molar-refractivity contribution in [3.8, 4) is 0 Å². The molecule has 3 N–H and O–H groups in total. The minimum absolute atomic E-state index is 0.0136. The highest BCUT2D eigenvalue weighted by Crippen LogP contribution is 2.20. The van der Waals surface area contributed by atoms with Crippen molar-refractivity contribution in [1.29, 1.82) is 0 Å².